The number of hydrogen-bond acceptors (Lipinski definition) is 2. The summed E-state index contributed by atoms with van der Waals surface area (Å²) in [4.78, 5) is 2.54. The van der Waals surface area contributed by atoms with E-state index in [1.54, 1.807) is 0 Å². The molecule has 1 saturated carbocycles. The van der Waals surface area contributed by atoms with Crippen LogP contribution in [0, 0.1) is 11.3 Å². The maximum atomic E-state index is 6.02. The van der Waals surface area contributed by atoms with E-state index in [4.69, 9.17) is 4.74 Å². The van der Waals surface area contributed by atoms with E-state index in [9.17, 15) is 0 Å². The van der Waals surface area contributed by atoms with E-state index >= 15 is 0 Å². The van der Waals surface area contributed by atoms with Gasteiger partial charge in [-0.1, -0.05) is 13.3 Å². The molecule has 2 heteroatoms. The Hall–Kier alpha value is -0.0800. The molecule has 1 aliphatic carbocycles. The Bertz CT molecular complexity index is 253. The summed E-state index contributed by atoms with van der Waals surface area (Å²) in [7, 11) is 2.27. The van der Waals surface area contributed by atoms with Crippen molar-refractivity contribution < 1.29 is 4.74 Å². The van der Waals surface area contributed by atoms with E-state index < -0.39 is 0 Å². The Labute approximate surface area is 100 Å². The van der Waals surface area contributed by atoms with Crippen molar-refractivity contribution in [1.29, 1.82) is 0 Å². The lowest BCUT2D eigenvalue weighted by Crippen LogP contribution is -2.41. The summed E-state index contributed by atoms with van der Waals surface area (Å²) in [5.74, 6) is 0.853. The third-order valence-electron chi connectivity index (χ3n) is 4.66. The molecule has 16 heavy (non-hydrogen) atoms. The number of rotatable bonds is 3. The summed E-state index contributed by atoms with van der Waals surface area (Å²) < 4.78 is 6.02. The fraction of sp³-hybridized carbons (Fsp3) is 1.00. The summed E-state index contributed by atoms with van der Waals surface area (Å²) in [6, 6.07) is 0.634. The quantitative estimate of drug-likeness (QED) is 0.732. The van der Waals surface area contributed by atoms with Gasteiger partial charge in [0.05, 0.1) is 12.2 Å². The second-order valence-electron chi connectivity index (χ2n) is 6.45. The summed E-state index contributed by atoms with van der Waals surface area (Å²) in [6.07, 6.45) is 4.94. The molecule has 0 aromatic rings. The molecule has 2 fully saturated rings. The summed E-state index contributed by atoms with van der Waals surface area (Å²) in [5, 5.41) is 0. The minimum Gasteiger partial charge on any atom is -0.374 e. The van der Waals surface area contributed by atoms with Crippen molar-refractivity contribution in [2.24, 2.45) is 11.3 Å². The number of fused-ring (bicyclic) bond motifs is 1. The second kappa shape index (κ2) is 4.30. The highest BCUT2D eigenvalue weighted by Crippen LogP contribution is 2.52. The predicted molar refractivity (Wildman–Crippen MR) is 67.5 cm³/mol. The molecule has 0 bridgehead atoms. The number of hydrogen-bond donors (Lipinski definition) is 0. The van der Waals surface area contributed by atoms with E-state index in [0.29, 0.717) is 23.7 Å². The van der Waals surface area contributed by atoms with Gasteiger partial charge in [-0.15, -0.1) is 0 Å². The van der Waals surface area contributed by atoms with Gasteiger partial charge in [-0.25, -0.2) is 0 Å². The zero-order valence-corrected chi connectivity index (χ0v) is 11.5. The van der Waals surface area contributed by atoms with Gasteiger partial charge in [0, 0.05) is 12.6 Å². The van der Waals surface area contributed by atoms with Crippen molar-refractivity contribution in [1.82, 2.24) is 4.90 Å². The molecular weight excluding hydrogens is 198 g/mol. The lowest BCUT2D eigenvalue weighted by atomic mass is 9.79. The molecule has 1 heterocycles. The van der Waals surface area contributed by atoms with Crippen LogP contribution in [0.3, 0.4) is 0 Å². The largest absolute Gasteiger partial charge is 0.374 e. The van der Waals surface area contributed by atoms with Crippen LogP contribution in [0.25, 0.3) is 0 Å². The molecule has 0 aromatic heterocycles. The smallest absolute Gasteiger partial charge is 0.0708 e. The molecule has 2 rings (SSSR count). The van der Waals surface area contributed by atoms with Crippen LogP contribution in [0.15, 0.2) is 0 Å². The lowest BCUT2D eigenvalue weighted by Gasteiger charge is -2.32. The van der Waals surface area contributed by atoms with Gasteiger partial charge >= 0.3 is 0 Å². The van der Waals surface area contributed by atoms with Crippen LogP contribution in [0.2, 0.25) is 0 Å². The monoisotopic (exact) mass is 225 g/mol. The molecular formula is C14H27NO. The number of likely N-dealkylation sites (tertiary alicyclic amines) is 1. The Balaban J connectivity index is 2.09. The first kappa shape index (κ1) is 12.4. The maximum Gasteiger partial charge on any atom is 0.0708 e. The van der Waals surface area contributed by atoms with Crippen molar-refractivity contribution in [2.45, 2.75) is 65.2 Å². The van der Waals surface area contributed by atoms with Crippen molar-refractivity contribution >= 4 is 0 Å². The third-order valence-corrected chi connectivity index (χ3v) is 4.66. The van der Waals surface area contributed by atoms with Gasteiger partial charge in [-0.2, -0.15) is 0 Å². The second-order valence-corrected chi connectivity index (χ2v) is 6.45. The fourth-order valence-electron chi connectivity index (χ4n) is 4.22. The van der Waals surface area contributed by atoms with Gasteiger partial charge in [-0.3, -0.25) is 4.90 Å². The molecule has 0 N–H and O–H groups in total. The Kier molecular flexibility index (Phi) is 3.33. The maximum absolute atomic E-state index is 6.02. The summed E-state index contributed by atoms with van der Waals surface area (Å²) in [5.41, 5.74) is 0.564. The molecule has 94 valence electrons. The molecule has 0 radical (unpaired) electrons. The topological polar surface area (TPSA) is 12.5 Å². The lowest BCUT2D eigenvalue weighted by molar-refractivity contribution is -0.0317. The average molecular weight is 225 g/mol. The van der Waals surface area contributed by atoms with Crippen molar-refractivity contribution in [3.63, 3.8) is 0 Å². The van der Waals surface area contributed by atoms with Crippen molar-refractivity contribution in [3.05, 3.63) is 0 Å². The molecule has 0 amide bonds. The SMILES string of the molecule is CC(C)O[C@@H](C)[C@@H]1[C@H]2CCC[C@@]2(C)CN1C. The molecule has 0 unspecified atom stereocenters. The van der Waals surface area contributed by atoms with E-state index in [2.05, 4.69) is 39.6 Å². The predicted octanol–water partition coefficient (Wildman–Crippen LogP) is 2.92. The van der Waals surface area contributed by atoms with Gasteiger partial charge in [0.25, 0.3) is 0 Å². The van der Waals surface area contributed by atoms with E-state index in [-0.39, 0.29) is 0 Å². The van der Waals surface area contributed by atoms with Gasteiger partial charge in [0.2, 0.25) is 0 Å². The first-order valence-electron chi connectivity index (χ1n) is 6.80. The highest BCUT2D eigenvalue weighted by molar-refractivity contribution is 5.04. The van der Waals surface area contributed by atoms with Crippen molar-refractivity contribution in [3.8, 4) is 0 Å². The molecule has 2 nitrogen and oxygen atoms in total. The van der Waals surface area contributed by atoms with Crippen LogP contribution < -0.4 is 0 Å². The minimum atomic E-state index is 0.344. The van der Waals surface area contributed by atoms with Gasteiger partial charge < -0.3 is 4.74 Å². The third kappa shape index (κ3) is 2.02. The Morgan fingerprint density at radius 1 is 1.31 bits per heavy atom. The van der Waals surface area contributed by atoms with Crippen LogP contribution in [-0.4, -0.2) is 36.7 Å². The number of ether oxygens (including phenoxy) is 1. The molecule has 1 aliphatic heterocycles. The average Bonchev–Trinajstić information content (AvgIpc) is 2.55. The normalized spacial score (nSPS) is 41.6. The Morgan fingerprint density at radius 2 is 2.00 bits per heavy atom. The summed E-state index contributed by atoms with van der Waals surface area (Å²) in [6.45, 7) is 10.3. The van der Waals surface area contributed by atoms with Crippen LogP contribution in [0.4, 0.5) is 0 Å². The zero-order chi connectivity index (χ0) is 11.9. The van der Waals surface area contributed by atoms with Gasteiger partial charge in [0.15, 0.2) is 0 Å². The molecule has 0 aromatic carbocycles. The highest BCUT2D eigenvalue weighted by Gasteiger charge is 2.52. The van der Waals surface area contributed by atoms with Crippen LogP contribution in [0.5, 0.6) is 0 Å². The first-order valence-corrected chi connectivity index (χ1v) is 6.80. The highest BCUT2D eigenvalue weighted by atomic mass is 16.5. The molecule has 2 aliphatic rings. The molecule has 0 spiro atoms. The van der Waals surface area contributed by atoms with Gasteiger partial charge in [0.1, 0.15) is 0 Å². The van der Waals surface area contributed by atoms with Gasteiger partial charge in [-0.05, 0) is 52.0 Å². The van der Waals surface area contributed by atoms with Crippen molar-refractivity contribution in [2.75, 3.05) is 13.6 Å². The van der Waals surface area contributed by atoms with E-state index in [0.717, 1.165) is 5.92 Å². The number of nitrogens with zero attached hydrogens (tertiary/aromatic N) is 1. The summed E-state index contributed by atoms with van der Waals surface area (Å²) >= 11 is 0. The van der Waals surface area contributed by atoms with Crippen LogP contribution >= 0.6 is 0 Å². The minimum absolute atomic E-state index is 0.344. The van der Waals surface area contributed by atoms with Crippen LogP contribution in [-0.2, 0) is 4.74 Å². The standard InChI is InChI=1S/C14H27NO/c1-10(2)16-11(3)13-12-7-6-8-14(12,4)9-15(13)5/h10-13H,6-9H2,1-5H3/t11-,12+,13+,14-/m0/s1. The van der Waals surface area contributed by atoms with E-state index in [1.165, 1.54) is 25.8 Å². The van der Waals surface area contributed by atoms with E-state index in [1.807, 2.05) is 0 Å². The zero-order valence-electron chi connectivity index (χ0n) is 11.5. The first-order chi connectivity index (χ1) is 7.44. The fourth-order valence-corrected chi connectivity index (χ4v) is 4.22. The molecule has 1 saturated heterocycles. The molecule has 4 atom stereocenters. The Morgan fingerprint density at radius 3 is 2.62 bits per heavy atom. The number of likely N-dealkylation sites (N-methyl/N-ethyl adjacent to an activating group) is 1. The van der Waals surface area contributed by atoms with Crippen LogP contribution in [0.1, 0.15) is 47.0 Å².